The van der Waals surface area contributed by atoms with Gasteiger partial charge < -0.3 is 4.90 Å². The third kappa shape index (κ3) is 3.84. The van der Waals surface area contributed by atoms with E-state index >= 15 is 0 Å². The van der Waals surface area contributed by atoms with Crippen molar-refractivity contribution in [3.05, 3.63) is 49.2 Å². The highest BCUT2D eigenvalue weighted by molar-refractivity contribution is 7.88. The fourth-order valence-electron chi connectivity index (χ4n) is 3.72. The van der Waals surface area contributed by atoms with Crippen molar-refractivity contribution in [3.63, 3.8) is 0 Å². The number of anilines is 1. The smallest absolute Gasteiger partial charge is 0.211 e. The number of piperazine rings is 1. The van der Waals surface area contributed by atoms with Crippen molar-refractivity contribution in [2.75, 3.05) is 37.3 Å². The van der Waals surface area contributed by atoms with Crippen LogP contribution < -0.4 is 4.90 Å². The Kier molecular flexibility index (Phi) is 4.83. The molecular formula is C20H20N8O2S. The number of nitrogens with one attached hydrogen (secondary N) is 1. The summed E-state index contributed by atoms with van der Waals surface area (Å²) in [5.74, 6) is 0.749. The molecule has 0 amide bonds. The van der Waals surface area contributed by atoms with Gasteiger partial charge in [-0.1, -0.05) is 6.07 Å². The van der Waals surface area contributed by atoms with Crippen LogP contribution in [-0.4, -0.2) is 75.3 Å². The summed E-state index contributed by atoms with van der Waals surface area (Å²) in [6, 6.07) is 7.84. The van der Waals surface area contributed by atoms with Gasteiger partial charge in [-0.15, -0.1) is 0 Å². The third-order valence-corrected chi connectivity index (χ3v) is 6.65. The highest BCUT2D eigenvalue weighted by Crippen LogP contribution is 2.30. The highest BCUT2D eigenvalue weighted by Gasteiger charge is 2.24. The van der Waals surface area contributed by atoms with Crippen LogP contribution in [0.15, 0.2) is 49.2 Å². The van der Waals surface area contributed by atoms with E-state index in [1.54, 1.807) is 18.6 Å². The first kappa shape index (κ1) is 19.5. The van der Waals surface area contributed by atoms with Gasteiger partial charge in [0.05, 0.1) is 29.4 Å². The second-order valence-corrected chi connectivity index (χ2v) is 9.32. The minimum absolute atomic E-state index is 0.435. The predicted octanol–water partition coefficient (Wildman–Crippen LogP) is 1.56. The Morgan fingerprint density at radius 2 is 1.81 bits per heavy atom. The summed E-state index contributed by atoms with van der Waals surface area (Å²) in [6.07, 6.45) is 7.78. The quantitative estimate of drug-likeness (QED) is 0.512. The molecule has 1 saturated heterocycles. The summed E-state index contributed by atoms with van der Waals surface area (Å²) in [7, 11) is -3.18. The number of aromatic nitrogens is 6. The third-order valence-electron chi connectivity index (χ3n) is 5.35. The summed E-state index contributed by atoms with van der Waals surface area (Å²) in [6.45, 7) is 2.01. The molecule has 0 atom stereocenters. The number of nitrogens with zero attached hydrogens (tertiary/aromatic N) is 7. The van der Waals surface area contributed by atoms with Crippen molar-refractivity contribution < 1.29 is 8.42 Å². The lowest BCUT2D eigenvalue weighted by Crippen LogP contribution is -2.48. The summed E-state index contributed by atoms with van der Waals surface area (Å²) in [5, 5.41) is 8.45. The van der Waals surface area contributed by atoms with Crippen LogP contribution in [0.2, 0.25) is 0 Å². The minimum Gasteiger partial charge on any atom is -0.354 e. The van der Waals surface area contributed by atoms with Crippen LogP contribution >= 0.6 is 0 Å². The van der Waals surface area contributed by atoms with E-state index in [2.05, 4.69) is 35.0 Å². The Balaban J connectivity index is 1.46. The van der Waals surface area contributed by atoms with E-state index in [1.807, 2.05) is 24.3 Å². The lowest BCUT2D eigenvalue weighted by atomic mass is 10.1. The maximum atomic E-state index is 11.8. The van der Waals surface area contributed by atoms with E-state index in [0.717, 1.165) is 33.7 Å². The SMILES string of the molecule is CS(=O)(=O)N1CCN(c2cc(-c3n[nH]c4ccc(-c5cnccn5)cc34)ncn2)CC1. The van der Waals surface area contributed by atoms with Crippen molar-refractivity contribution in [1.82, 2.24) is 34.4 Å². The van der Waals surface area contributed by atoms with Crippen LogP contribution in [0.25, 0.3) is 33.5 Å². The number of benzene rings is 1. The van der Waals surface area contributed by atoms with Crippen LogP contribution in [0, 0.1) is 0 Å². The molecule has 0 aliphatic carbocycles. The average molecular weight is 437 g/mol. The Labute approximate surface area is 179 Å². The highest BCUT2D eigenvalue weighted by atomic mass is 32.2. The van der Waals surface area contributed by atoms with E-state index in [0.29, 0.717) is 31.9 Å². The molecule has 1 aromatic carbocycles. The molecule has 4 heterocycles. The average Bonchev–Trinajstić information content (AvgIpc) is 3.23. The van der Waals surface area contributed by atoms with Gasteiger partial charge in [-0.05, 0) is 12.1 Å². The topological polar surface area (TPSA) is 121 Å². The maximum absolute atomic E-state index is 11.8. The number of fused-ring (bicyclic) bond motifs is 1. The molecule has 1 aliphatic heterocycles. The molecule has 0 saturated carbocycles. The van der Waals surface area contributed by atoms with Crippen molar-refractivity contribution >= 4 is 26.7 Å². The molecule has 4 aromatic rings. The first-order chi connectivity index (χ1) is 15.0. The molecule has 31 heavy (non-hydrogen) atoms. The Bertz CT molecular complexity index is 1330. The van der Waals surface area contributed by atoms with Gasteiger partial charge in [0.2, 0.25) is 10.0 Å². The van der Waals surface area contributed by atoms with Gasteiger partial charge in [0.25, 0.3) is 0 Å². The van der Waals surface area contributed by atoms with Gasteiger partial charge in [-0.2, -0.15) is 9.40 Å². The molecule has 1 fully saturated rings. The summed E-state index contributed by atoms with van der Waals surface area (Å²) < 4.78 is 25.0. The lowest BCUT2D eigenvalue weighted by molar-refractivity contribution is 0.387. The van der Waals surface area contributed by atoms with Crippen molar-refractivity contribution in [1.29, 1.82) is 0 Å². The van der Waals surface area contributed by atoms with Gasteiger partial charge in [-0.3, -0.25) is 15.1 Å². The van der Waals surface area contributed by atoms with Crippen molar-refractivity contribution in [3.8, 4) is 22.6 Å². The van der Waals surface area contributed by atoms with Crippen LogP contribution in [0.5, 0.6) is 0 Å². The fourth-order valence-corrected chi connectivity index (χ4v) is 4.54. The number of rotatable bonds is 4. The van der Waals surface area contributed by atoms with E-state index in [-0.39, 0.29) is 0 Å². The van der Waals surface area contributed by atoms with Crippen LogP contribution in [0.4, 0.5) is 5.82 Å². The Morgan fingerprint density at radius 1 is 0.968 bits per heavy atom. The molecule has 3 aromatic heterocycles. The predicted molar refractivity (Wildman–Crippen MR) is 117 cm³/mol. The molecule has 1 N–H and O–H groups in total. The van der Waals surface area contributed by atoms with Gasteiger partial charge in [-0.25, -0.2) is 18.4 Å². The number of hydrogen-bond donors (Lipinski definition) is 1. The maximum Gasteiger partial charge on any atom is 0.211 e. The van der Waals surface area contributed by atoms with E-state index in [4.69, 9.17) is 0 Å². The number of sulfonamides is 1. The minimum atomic E-state index is -3.18. The van der Waals surface area contributed by atoms with Gasteiger partial charge in [0, 0.05) is 55.6 Å². The standard InChI is InChI=1S/C20H20N8O2S/c1-31(29,30)28-8-6-27(7-9-28)19-11-17(23-13-24-19)20-15-10-14(2-3-16(15)25-26-20)18-12-21-4-5-22-18/h2-5,10-13H,6-9H2,1H3,(H,25,26). The number of H-pyrrole nitrogens is 1. The molecule has 158 valence electrons. The molecule has 11 heteroatoms. The van der Waals surface area contributed by atoms with E-state index < -0.39 is 10.0 Å². The van der Waals surface area contributed by atoms with Crippen molar-refractivity contribution in [2.45, 2.75) is 0 Å². The second kappa shape index (κ2) is 7.67. The largest absolute Gasteiger partial charge is 0.354 e. The number of aromatic amines is 1. The second-order valence-electron chi connectivity index (χ2n) is 7.33. The first-order valence-electron chi connectivity index (χ1n) is 9.76. The van der Waals surface area contributed by atoms with Crippen LogP contribution in [0.3, 0.4) is 0 Å². The summed E-state index contributed by atoms with van der Waals surface area (Å²) >= 11 is 0. The Morgan fingerprint density at radius 3 is 2.55 bits per heavy atom. The van der Waals surface area contributed by atoms with Gasteiger partial charge in [0.1, 0.15) is 17.8 Å². The van der Waals surface area contributed by atoms with Crippen LogP contribution in [-0.2, 0) is 10.0 Å². The van der Waals surface area contributed by atoms with Gasteiger partial charge >= 0.3 is 0 Å². The Hall–Kier alpha value is -3.44. The molecule has 5 rings (SSSR count). The van der Waals surface area contributed by atoms with Gasteiger partial charge in [0.15, 0.2) is 0 Å². The van der Waals surface area contributed by atoms with Crippen LogP contribution in [0.1, 0.15) is 0 Å². The molecule has 1 aliphatic rings. The molecule has 0 spiro atoms. The zero-order valence-corrected chi connectivity index (χ0v) is 17.6. The summed E-state index contributed by atoms with van der Waals surface area (Å²) in [4.78, 5) is 19.4. The molecular weight excluding hydrogens is 416 g/mol. The lowest BCUT2D eigenvalue weighted by Gasteiger charge is -2.33. The van der Waals surface area contributed by atoms with E-state index in [9.17, 15) is 8.42 Å². The molecule has 0 bridgehead atoms. The monoisotopic (exact) mass is 436 g/mol. The summed E-state index contributed by atoms with van der Waals surface area (Å²) in [5.41, 5.74) is 4.03. The molecule has 0 unspecified atom stereocenters. The molecule has 0 radical (unpaired) electrons. The van der Waals surface area contributed by atoms with Crippen molar-refractivity contribution in [2.24, 2.45) is 0 Å². The molecule has 10 nitrogen and oxygen atoms in total. The zero-order valence-electron chi connectivity index (χ0n) is 16.8. The van der Waals surface area contributed by atoms with E-state index in [1.165, 1.54) is 16.9 Å². The fraction of sp³-hybridized carbons (Fsp3) is 0.250. The zero-order chi connectivity index (χ0) is 21.4. The number of hydrogen-bond acceptors (Lipinski definition) is 8. The first-order valence-corrected chi connectivity index (χ1v) is 11.6. The normalized spacial score (nSPS) is 15.5.